The van der Waals surface area contributed by atoms with Crippen LogP contribution >= 0.6 is 0 Å². The summed E-state index contributed by atoms with van der Waals surface area (Å²) in [5, 5.41) is 2.10. The van der Waals surface area contributed by atoms with Gasteiger partial charge in [-0.25, -0.2) is 4.98 Å². The van der Waals surface area contributed by atoms with E-state index in [9.17, 15) is 0 Å². The number of hydrogen-bond acceptors (Lipinski definition) is 4. The summed E-state index contributed by atoms with van der Waals surface area (Å²) in [5.41, 5.74) is 12.2. The van der Waals surface area contributed by atoms with E-state index >= 15 is 0 Å². The van der Waals surface area contributed by atoms with E-state index in [0.717, 1.165) is 66.8 Å². The van der Waals surface area contributed by atoms with Crippen LogP contribution in [0.1, 0.15) is 0 Å². The van der Waals surface area contributed by atoms with Gasteiger partial charge in [-0.05, 0) is 101 Å². The number of hydrogen-bond donors (Lipinski definition) is 0. The SMILES string of the molecule is c1ccc(-c2ccc(N(c3ccccc3)c3ccc(-c4ccc5c(c4)oc4ccc(-c6nc7ccccc7o6)cc45)cc3)cc2)cc1. The fourth-order valence-electron chi connectivity index (χ4n) is 6.35. The summed E-state index contributed by atoms with van der Waals surface area (Å²) >= 11 is 0. The highest BCUT2D eigenvalue weighted by Gasteiger charge is 2.15. The van der Waals surface area contributed by atoms with Crippen LogP contribution in [0.15, 0.2) is 179 Å². The number of aromatic nitrogens is 1. The second kappa shape index (κ2) is 11.2. The standard InChI is InChI=1S/C43H28N2O2/c1-3-9-29(10-4-1)30-15-21-35(22-16-30)45(34-11-5-2-6-12-34)36-23-17-31(18-24-36)32-19-25-37-38-27-33(20-26-40(38)46-42(37)28-32)43-44-39-13-7-8-14-41(39)47-43/h1-28H. The topological polar surface area (TPSA) is 42.4 Å². The molecule has 0 amide bonds. The molecule has 0 unspecified atom stereocenters. The molecule has 0 aliphatic heterocycles. The number of para-hydroxylation sites is 3. The van der Waals surface area contributed by atoms with Crippen molar-refractivity contribution in [1.29, 1.82) is 0 Å². The third kappa shape index (κ3) is 4.93. The quantitative estimate of drug-likeness (QED) is 0.189. The van der Waals surface area contributed by atoms with Crippen molar-refractivity contribution >= 4 is 50.1 Å². The van der Waals surface area contributed by atoms with E-state index in [1.54, 1.807) is 0 Å². The zero-order valence-corrected chi connectivity index (χ0v) is 25.4. The van der Waals surface area contributed by atoms with Crippen molar-refractivity contribution in [2.45, 2.75) is 0 Å². The summed E-state index contributed by atoms with van der Waals surface area (Å²) in [5.74, 6) is 0.607. The summed E-state index contributed by atoms with van der Waals surface area (Å²) in [6.07, 6.45) is 0. The van der Waals surface area contributed by atoms with Crippen molar-refractivity contribution in [3.05, 3.63) is 170 Å². The normalized spacial score (nSPS) is 11.4. The first kappa shape index (κ1) is 27.0. The summed E-state index contributed by atoms with van der Waals surface area (Å²) in [7, 11) is 0. The predicted octanol–water partition coefficient (Wildman–Crippen LogP) is 12.2. The summed E-state index contributed by atoms with van der Waals surface area (Å²) < 4.78 is 12.4. The van der Waals surface area contributed by atoms with E-state index in [4.69, 9.17) is 8.83 Å². The first-order valence-electron chi connectivity index (χ1n) is 15.7. The molecule has 7 aromatic carbocycles. The minimum absolute atomic E-state index is 0.607. The average Bonchev–Trinajstić information content (AvgIpc) is 3.74. The third-order valence-electron chi connectivity index (χ3n) is 8.72. The summed E-state index contributed by atoms with van der Waals surface area (Å²) in [6, 6.07) is 58.8. The van der Waals surface area contributed by atoms with Gasteiger partial charge in [0.2, 0.25) is 5.89 Å². The van der Waals surface area contributed by atoms with E-state index in [-0.39, 0.29) is 0 Å². The van der Waals surface area contributed by atoms with Gasteiger partial charge in [0.25, 0.3) is 0 Å². The zero-order valence-electron chi connectivity index (χ0n) is 25.4. The van der Waals surface area contributed by atoms with Crippen molar-refractivity contribution in [1.82, 2.24) is 4.98 Å². The monoisotopic (exact) mass is 604 g/mol. The molecule has 9 aromatic rings. The molecule has 222 valence electrons. The minimum Gasteiger partial charge on any atom is -0.456 e. The van der Waals surface area contributed by atoms with Gasteiger partial charge in [-0.2, -0.15) is 0 Å². The van der Waals surface area contributed by atoms with E-state index < -0.39 is 0 Å². The Labute approximate surface area is 271 Å². The molecule has 2 aromatic heterocycles. The number of furan rings is 1. The van der Waals surface area contributed by atoms with Crippen LogP contribution in [0.3, 0.4) is 0 Å². The van der Waals surface area contributed by atoms with Gasteiger partial charge in [0.1, 0.15) is 16.7 Å². The average molecular weight is 605 g/mol. The molecule has 0 aliphatic carbocycles. The molecule has 0 bridgehead atoms. The Morgan fingerprint density at radius 3 is 1.66 bits per heavy atom. The Morgan fingerprint density at radius 1 is 0.362 bits per heavy atom. The van der Waals surface area contributed by atoms with Crippen LogP contribution in [-0.2, 0) is 0 Å². The minimum atomic E-state index is 0.607. The molecule has 0 atom stereocenters. The maximum absolute atomic E-state index is 6.32. The van der Waals surface area contributed by atoms with E-state index in [1.807, 2.05) is 48.5 Å². The highest BCUT2D eigenvalue weighted by atomic mass is 16.3. The third-order valence-corrected chi connectivity index (χ3v) is 8.72. The highest BCUT2D eigenvalue weighted by Crippen LogP contribution is 2.38. The summed E-state index contributed by atoms with van der Waals surface area (Å²) in [6.45, 7) is 0. The first-order chi connectivity index (χ1) is 23.3. The highest BCUT2D eigenvalue weighted by molar-refractivity contribution is 6.07. The fourth-order valence-corrected chi connectivity index (χ4v) is 6.35. The van der Waals surface area contributed by atoms with Gasteiger partial charge in [0, 0.05) is 33.4 Å². The van der Waals surface area contributed by atoms with Crippen LogP contribution in [0.2, 0.25) is 0 Å². The number of fused-ring (bicyclic) bond motifs is 4. The Bertz CT molecular complexity index is 2460. The lowest BCUT2D eigenvalue weighted by Gasteiger charge is -2.26. The Hall–Kier alpha value is -6.39. The second-order valence-electron chi connectivity index (χ2n) is 11.6. The van der Waals surface area contributed by atoms with Crippen molar-refractivity contribution in [2.75, 3.05) is 4.90 Å². The van der Waals surface area contributed by atoms with Gasteiger partial charge in [0.05, 0.1) is 0 Å². The van der Waals surface area contributed by atoms with Gasteiger partial charge in [-0.3, -0.25) is 0 Å². The van der Waals surface area contributed by atoms with Crippen molar-refractivity contribution in [2.24, 2.45) is 0 Å². The van der Waals surface area contributed by atoms with Gasteiger partial charge in [-0.15, -0.1) is 0 Å². The first-order valence-corrected chi connectivity index (χ1v) is 15.7. The molecule has 47 heavy (non-hydrogen) atoms. The molecule has 9 rings (SSSR count). The Balaban J connectivity index is 1.04. The molecule has 0 fully saturated rings. The van der Waals surface area contributed by atoms with Crippen molar-refractivity contribution < 1.29 is 8.83 Å². The summed E-state index contributed by atoms with van der Waals surface area (Å²) in [4.78, 5) is 6.97. The van der Waals surface area contributed by atoms with Crippen LogP contribution in [0.5, 0.6) is 0 Å². The smallest absolute Gasteiger partial charge is 0.227 e. The molecule has 0 N–H and O–H groups in total. The van der Waals surface area contributed by atoms with Gasteiger partial charge >= 0.3 is 0 Å². The van der Waals surface area contributed by atoms with Crippen molar-refractivity contribution in [3.63, 3.8) is 0 Å². The zero-order chi connectivity index (χ0) is 31.2. The molecule has 2 heterocycles. The van der Waals surface area contributed by atoms with E-state index in [1.165, 1.54) is 11.1 Å². The molecule has 4 heteroatoms. The second-order valence-corrected chi connectivity index (χ2v) is 11.6. The van der Waals surface area contributed by atoms with Crippen LogP contribution in [-0.4, -0.2) is 4.98 Å². The van der Waals surface area contributed by atoms with E-state index in [0.29, 0.717) is 5.89 Å². The van der Waals surface area contributed by atoms with Gasteiger partial charge < -0.3 is 13.7 Å². The maximum Gasteiger partial charge on any atom is 0.227 e. The Kier molecular flexibility index (Phi) is 6.43. The molecule has 0 saturated heterocycles. The maximum atomic E-state index is 6.32. The largest absolute Gasteiger partial charge is 0.456 e. The van der Waals surface area contributed by atoms with Crippen LogP contribution in [0.4, 0.5) is 17.1 Å². The van der Waals surface area contributed by atoms with Gasteiger partial charge in [0.15, 0.2) is 5.58 Å². The molecular weight excluding hydrogens is 576 g/mol. The lowest BCUT2D eigenvalue weighted by atomic mass is 10.0. The lowest BCUT2D eigenvalue weighted by molar-refractivity contribution is 0.620. The number of rotatable bonds is 6. The molecular formula is C43H28N2O2. The number of oxazole rings is 1. The molecule has 0 aliphatic rings. The van der Waals surface area contributed by atoms with E-state index in [2.05, 4.69) is 131 Å². The van der Waals surface area contributed by atoms with Gasteiger partial charge in [-0.1, -0.05) is 91.0 Å². The van der Waals surface area contributed by atoms with Crippen LogP contribution < -0.4 is 4.90 Å². The van der Waals surface area contributed by atoms with Crippen molar-refractivity contribution in [3.8, 4) is 33.7 Å². The predicted molar refractivity (Wildman–Crippen MR) is 192 cm³/mol. The van der Waals surface area contributed by atoms with Crippen LogP contribution in [0, 0.1) is 0 Å². The fraction of sp³-hybridized carbons (Fsp3) is 0. The molecule has 0 radical (unpaired) electrons. The lowest BCUT2D eigenvalue weighted by Crippen LogP contribution is -2.09. The molecule has 0 spiro atoms. The number of nitrogens with zero attached hydrogens (tertiary/aromatic N) is 2. The molecule has 4 nitrogen and oxygen atoms in total. The number of benzene rings is 7. The Morgan fingerprint density at radius 2 is 0.936 bits per heavy atom. The van der Waals surface area contributed by atoms with Crippen LogP contribution in [0.25, 0.3) is 66.7 Å². The molecule has 0 saturated carbocycles. The number of anilines is 3.